The summed E-state index contributed by atoms with van der Waals surface area (Å²) in [4.78, 5) is 5.52. The van der Waals surface area contributed by atoms with Gasteiger partial charge in [0.2, 0.25) is 0 Å². The first kappa shape index (κ1) is 9.43. The highest BCUT2D eigenvalue weighted by Crippen LogP contribution is 2.24. The normalized spacial score (nSPS) is 13.1. The third-order valence-electron chi connectivity index (χ3n) is 2.28. The summed E-state index contributed by atoms with van der Waals surface area (Å²) in [5, 5.41) is 2.06. The predicted octanol–water partition coefficient (Wildman–Crippen LogP) is 1.84. The Hall–Kier alpha value is -1.13. The van der Waals surface area contributed by atoms with Crippen LogP contribution in [0.5, 0.6) is 0 Å². The number of hydrogen-bond donors (Lipinski definition) is 1. The van der Waals surface area contributed by atoms with E-state index in [1.807, 2.05) is 17.8 Å². The van der Waals surface area contributed by atoms with E-state index >= 15 is 0 Å². The summed E-state index contributed by atoms with van der Waals surface area (Å²) in [5.41, 5.74) is 8.21. The number of imidazole rings is 1. The Morgan fingerprint density at radius 2 is 2.36 bits per heavy atom. The van der Waals surface area contributed by atoms with Crippen LogP contribution in [0.15, 0.2) is 24.0 Å². The van der Waals surface area contributed by atoms with Gasteiger partial charge in [-0.25, -0.2) is 4.98 Å². The Morgan fingerprint density at radius 3 is 2.86 bits per heavy atom. The fraction of sp³-hybridized carbons (Fsp3) is 0.300. The lowest BCUT2D eigenvalue weighted by Gasteiger charge is -2.07. The Kier molecular flexibility index (Phi) is 2.39. The average molecular weight is 207 g/mol. The topological polar surface area (TPSA) is 43.8 Å². The highest BCUT2D eigenvalue weighted by atomic mass is 32.1. The lowest BCUT2D eigenvalue weighted by molar-refractivity contribution is 0.833. The summed E-state index contributed by atoms with van der Waals surface area (Å²) in [5.74, 6) is 0. The van der Waals surface area contributed by atoms with Crippen molar-refractivity contribution < 1.29 is 0 Å². The maximum Gasteiger partial charge on any atom is 0.0947 e. The largest absolute Gasteiger partial charge is 0.340 e. The minimum absolute atomic E-state index is 0.0950. The molecular formula is C10H13N3S. The lowest BCUT2D eigenvalue weighted by atomic mass is 10.1. The first-order chi connectivity index (χ1) is 6.68. The van der Waals surface area contributed by atoms with Crippen molar-refractivity contribution in [1.29, 1.82) is 0 Å². The van der Waals surface area contributed by atoms with Crippen molar-refractivity contribution in [2.24, 2.45) is 12.8 Å². The number of aromatic nitrogens is 2. The Labute approximate surface area is 87.2 Å². The van der Waals surface area contributed by atoms with E-state index in [1.54, 1.807) is 17.7 Å². The zero-order chi connectivity index (χ0) is 10.1. The third-order valence-corrected chi connectivity index (χ3v) is 3.14. The van der Waals surface area contributed by atoms with Crippen molar-refractivity contribution in [2.75, 3.05) is 0 Å². The van der Waals surface area contributed by atoms with E-state index < -0.39 is 0 Å². The van der Waals surface area contributed by atoms with Gasteiger partial charge in [-0.2, -0.15) is 0 Å². The smallest absolute Gasteiger partial charge is 0.0947 e. The van der Waals surface area contributed by atoms with Gasteiger partial charge < -0.3 is 10.3 Å². The van der Waals surface area contributed by atoms with Crippen LogP contribution >= 0.6 is 11.3 Å². The number of rotatable bonds is 2. The molecule has 3 nitrogen and oxygen atoms in total. The monoisotopic (exact) mass is 207 g/mol. The number of aryl methyl sites for hydroxylation is 2. The molecule has 0 fully saturated rings. The number of hydrogen-bond acceptors (Lipinski definition) is 3. The van der Waals surface area contributed by atoms with Crippen LogP contribution in [0, 0.1) is 6.92 Å². The molecule has 0 bridgehead atoms. The molecule has 1 unspecified atom stereocenters. The zero-order valence-electron chi connectivity index (χ0n) is 8.27. The third kappa shape index (κ3) is 1.58. The molecule has 1 atom stereocenters. The second kappa shape index (κ2) is 3.55. The summed E-state index contributed by atoms with van der Waals surface area (Å²) in [6.45, 7) is 2.09. The lowest BCUT2D eigenvalue weighted by Crippen LogP contribution is -2.12. The summed E-state index contributed by atoms with van der Waals surface area (Å²) < 4.78 is 1.91. The van der Waals surface area contributed by atoms with Crippen LogP contribution in [0.25, 0.3) is 0 Å². The van der Waals surface area contributed by atoms with Gasteiger partial charge in [-0.3, -0.25) is 0 Å². The van der Waals surface area contributed by atoms with Crippen molar-refractivity contribution in [3.05, 3.63) is 40.1 Å². The molecule has 0 aliphatic rings. The molecule has 2 aromatic heterocycles. The van der Waals surface area contributed by atoms with E-state index in [1.165, 1.54) is 10.4 Å². The Morgan fingerprint density at radius 1 is 1.57 bits per heavy atom. The average Bonchev–Trinajstić information content (AvgIpc) is 2.73. The maximum absolute atomic E-state index is 6.11. The molecule has 0 spiro atoms. The number of nitrogens with two attached hydrogens (primary N) is 1. The molecule has 0 radical (unpaired) electrons. The molecular weight excluding hydrogens is 194 g/mol. The van der Waals surface area contributed by atoms with Crippen molar-refractivity contribution >= 4 is 11.3 Å². The van der Waals surface area contributed by atoms with Crippen molar-refractivity contribution in [3.8, 4) is 0 Å². The molecule has 0 saturated heterocycles. The fourth-order valence-corrected chi connectivity index (χ4v) is 2.22. The van der Waals surface area contributed by atoms with E-state index in [-0.39, 0.29) is 6.04 Å². The van der Waals surface area contributed by atoms with Crippen LogP contribution < -0.4 is 5.73 Å². The first-order valence-corrected chi connectivity index (χ1v) is 5.34. The van der Waals surface area contributed by atoms with Gasteiger partial charge in [0.05, 0.1) is 18.1 Å². The van der Waals surface area contributed by atoms with Gasteiger partial charge >= 0.3 is 0 Å². The van der Waals surface area contributed by atoms with E-state index in [9.17, 15) is 0 Å². The summed E-state index contributed by atoms with van der Waals surface area (Å²) in [6.07, 6.45) is 3.73. The molecule has 14 heavy (non-hydrogen) atoms. The molecule has 2 heterocycles. The minimum atomic E-state index is -0.0950. The van der Waals surface area contributed by atoms with Crippen LogP contribution in [0.2, 0.25) is 0 Å². The van der Waals surface area contributed by atoms with Gasteiger partial charge in [0.15, 0.2) is 0 Å². The van der Waals surface area contributed by atoms with E-state index in [0.29, 0.717) is 0 Å². The quantitative estimate of drug-likeness (QED) is 0.816. The Bertz CT molecular complexity index is 430. The molecule has 0 aromatic carbocycles. The molecule has 4 heteroatoms. The zero-order valence-corrected chi connectivity index (χ0v) is 9.08. The maximum atomic E-state index is 6.11. The molecule has 0 amide bonds. The highest BCUT2D eigenvalue weighted by molar-refractivity contribution is 7.10. The van der Waals surface area contributed by atoms with Crippen LogP contribution in [0.3, 0.4) is 0 Å². The molecule has 0 saturated carbocycles. The van der Waals surface area contributed by atoms with Crippen molar-refractivity contribution in [3.63, 3.8) is 0 Å². The summed E-state index contributed by atoms with van der Waals surface area (Å²) in [7, 11) is 1.95. The second-order valence-corrected chi connectivity index (χ2v) is 4.49. The number of thiophene rings is 1. The molecule has 2 aromatic rings. The molecule has 74 valence electrons. The fourth-order valence-electron chi connectivity index (χ4n) is 1.47. The van der Waals surface area contributed by atoms with Crippen LogP contribution in [-0.2, 0) is 7.05 Å². The molecule has 0 aliphatic carbocycles. The molecule has 2 rings (SSSR count). The predicted molar refractivity (Wildman–Crippen MR) is 58.3 cm³/mol. The molecule has 2 N–H and O–H groups in total. The van der Waals surface area contributed by atoms with Gasteiger partial charge in [-0.05, 0) is 23.9 Å². The van der Waals surface area contributed by atoms with Gasteiger partial charge in [0, 0.05) is 18.1 Å². The summed E-state index contributed by atoms with van der Waals surface area (Å²) >= 11 is 1.72. The number of nitrogens with zero attached hydrogens (tertiary/aromatic N) is 2. The SMILES string of the molecule is Cc1sccc1C(N)c1cn(C)cn1. The van der Waals surface area contributed by atoms with E-state index in [2.05, 4.69) is 23.4 Å². The van der Waals surface area contributed by atoms with Crippen LogP contribution in [0.4, 0.5) is 0 Å². The molecule has 0 aliphatic heterocycles. The van der Waals surface area contributed by atoms with Gasteiger partial charge in [-0.15, -0.1) is 11.3 Å². The highest BCUT2D eigenvalue weighted by Gasteiger charge is 2.14. The minimum Gasteiger partial charge on any atom is -0.340 e. The standard InChI is InChI=1S/C10H13N3S/c1-7-8(3-4-14-7)10(11)9-5-13(2)6-12-9/h3-6,10H,11H2,1-2H3. The second-order valence-electron chi connectivity index (χ2n) is 3.37. The van der Waals surface area contributed by atoms with E-state index in [0.717, 1.165) is 5.69 Å². The van der Waals surface area contributed by atoms with Gasteiger partial charge in [0.1, 0.15) is 0 Å². The van der Waals surface area contributed by atoms with Crippen LogP contribution in [-0.4, -0.2) is 9.55 Å². The Balaban J connectivity index is 2.33. The first-order valence-electron chi connectivity index (χ1n) is 4.46. The van der Waals surface area contributed by atoms with Crippen molar-refractivity contribution in [1.82, 2.24) is 9.55 Å². The van der Waals surface area contributed by atoms with Crippen LogP contribution in [0.1, 0.15) is 22.2 Å². The van der Waals surface area contributed by atoms with Gasteiger partial charge in [-0.1, -0.05) is 0 Å². The summed E-state index contributed by atoms with van der Waals surface area (Å²) in [6, 6.07) is 1.97. The van der Waals surface area contributed by atoms with Gasteiger partial charge in [0.25, 0.3) is 0 Å². The van der Waals surface area contributed by atoms with Crippen molar-refractivity contribution in [2.45, 2.75) is 13.0 Å². The van der Waals surface area contributed by atoms with E-state index in [4.69, 9.17) is 5.73 Å².